The minimum absolute atomic E-state index is 0.192. The topological polar surface area (TPSA) is 78.1 Å². The van der Waals surface area contributed by atoms with Crippen LogP contribution in [0, 0.1) is 11.8 Å². The van der Waals surface area contributed by atoms with Crippen LogP contribution in [-0.2, 0) is 13.1 Å². The van der Waals surface area contributed by atoms with E-state index in [1.54, 1.807) is 0 Å². The number of benzene rings is 1. The van der Waals surface area contributed by atoms with E-state index in [9.17, 15) is 0 Å². The predicted molar refractivity (Wildman–Crippen MR) is 304 cm³/mol. The van der Waals surface area contributed by atoms with Crippen molar-refractivity contribution in [1.82, 2.24) is 9.13 Å². The Labute approximate surface area is 434 Å². The molecule has 0 amide bonds. The van der Waals surface area contributed by atoms with Crippen LogP contribution < -0.4 is 22.2 Å². The molecule has 0 radical (unpaired) electrons. The third-order valence-corrected chi connectivity index (χ3v) is 18.0. The van der Waals surface area contributed by atoms with Crippen molar-refractivity contribution in [3.05, 3.63) is 73.3 Å². The van der Waals surface area contributed by atoms with Crippen LogP contribution >= 0.6 is 54.5 Å². The molecule has 378 valence electrons. The summed E-state index contributed by atoms with van der Waals surface area (Å²) >= 11 is 10.2. The number of thiophene rings is 2. The van der Waals surface area contributed by atoms with E-state index in [1.165, 1.54) is 173 Å². The van der Waals surface area contributed by atoms with Crippen LogP contribution in [0.15, 0.2) is 51.0 Å². The molecule has 10 heteroatoms. The number of unbranched alkanes of at least 4 members (excludes halogenated alkanes) is 24. The summed E-state index contributed by atoms with van der Waals surface area (Å²) in [5, 5.41) is 1.16. The zero-order valence-electron chi connectivity index (χ0n) is 42.6. The predicted octanol–water partition coefficient (Wildman–Crippen LogP) is 18.7. The minimum Gasteiger partial charge on any atom is -0.274 e. The average molecular weight is 1100 g/mol. The molecule has 0 spiro atoms. The van der Waals surface area contributed by atoms with E-state index >= 15 is 19.2 Å². The summed E-state index contributed by atoms with van der Waals surface area (Å²) in [4.78, 5) is 62.5. The lowest BCUT2D eigenvalue weighted by atomic mass is 9.94. The van der Waals surface area contributed by atoms with Crippen LogP contribution in [0.25, 0.3) is 42.4 Å². The molecule has 4 aromatic heterocycles. The molecular formula is C58H86Br2N2O4S2. The van der Waals surface area contributed by atoms with E-state index in [0.717, 1.165) is 81.5 Å². The lowest BCUT2D eigenvalue weighted by molar-refractivity contribution is 0.351. The number of halogens is 2. The Morgan fingerprint density at radius 3 is 0.824 bits per heavy atom. The first-order valence-corrected chi connectivity index (χ1v) is 30.9. The quantitative estimate of drug-likeness (QED) is 0.0369. The lowest BCUT2D eigenvalue weighted by Crippen LogP contribution is -2.30. The van der Waals surface area contributed by atoms with Gasteiger partial charge in [0, 0.05) is 34.0 Å². The molecule has 0 saturated heterocycles. The van der Waals surface area contributed by atoms with Gasteiger partial charge in [-0.1, -0.05) is 207 Å². The molecule has 4 heterocycles. The van der Waals surface area contributed by atoms with Crippen LogP contribution in [0.3, 0.4) is 0 Å². The smallest absolute Gasteiger partial charge is 0.262 e. The van der Waals surface area contributed by atoms with Gasteiger partial charge >= 0.3 is 0 Å². The van der Waals surface area contributed by atoms with Crippen molar-refractivity contribution in [2.75, 3.05) is 0 Å². The molecule has 0 bridgehead atoms. The van der Waals surface area contributed by atoms with Gasteiger partial charge in [-0.05, 0) is 93.6 Å². The molecule has 2 unspecified atom stereocenters. The van der Waals surface area contributed by atoms with Crippen LogP contribution in [0.5, 0.6) is 0 Å². The van der Waals surface area contributed by atoms with Gasteiger partial charge in [0.1, 0.15) is 0 Å². The Hall–Kier alpha value is -2.14. The zero-order valence-corrected chi connectivity index (χ0v) is 47.4. The molecule has 5 rings (SSSR count). The van der Waals surface area contributed by atoms with Crippen molar-refractivity contribution in [3.8, 4) is 20.9 Å². The molecule has 0 saturated carbocycles. The molecule has 0 N–H and O–H groups in total. The molecule has 68 heavy (non-hydrogen) atoms. The second kappa shape index (κ2) is 31.3. The van der Waals surface area contributed by atoms with Gasteiger partial charge in [0.25, 0.3) is 22.2 Å². The third-order valence-electron chi connectivity index (χ3n) is 14.7. The highest BCUT2D eigenvalue weighted by atomic mass is 79.9. The Bertz CT molecular complexity index is 2190. The first-order valence-electron chi connectivity index (χ1n) is 27.6. The molecule has 2 atom stereocenters. The number of nitrogens with zero attached hydrogens (tertiary/aromatic N) is 2. The molecule has 0 fully saturated rings. The summed E-state index contributed by atoms with van der Waals surface area (Å²) in [7, 11) is 0. The molecule has 0 aliphatic heterocycles. The fourth-order valence-corrected chi connectivity index (χ4v) is 13.7. The molecule has 0 aliphatic rings. The highest BCUT2D eigenvalue weighted by Crippen LogP contribution is 2.45. The van der Waals surface area contributed by atoms with Crippen molar-refractivity contribution in [3.63, 3.8) is 0 Å². The number of fused-ring (bicyclic) bond motifs is 2. The van der Waals surface area contributed by atoms with Gasteiger partial charge in [0.15, 0.2) is 0 Å². The maximum absolute atomic E-state index is 15.3. The average Bonchev–Trinajstić information content (AvgIpc) is 4.08. The molecule has 0 aliphatic carbocycles. The van der Waals surface area contributed by atoms with Crippen LogP contribution in [0.2, 0.25) is 0 Å². The fourth-order valence-electron chi connectivity index (χ4n) is 10.8. The van der Waals surface area contributed by atoms with Gasteiger partial charge in [-0.15, -0.1) is 22.7 Å². The van der Waals surface area contributed by atoms with Crippen molar-refractivity contribution >= 4 is 76.1 Å². The van der Waals surface area contributed by atoms with Crippen molar-refractivity contribution in [2.45, 2.75) is 246 Å². The van der Waals surface area contributed by atoms with Gasteiger partial charge < -0.3 is 0 Å². The van der Waals surface area contributed by atoms with E-state index in [0.29, 0.717) is 45.8 Å². The van der Waals surface area contributed by atoms with E-state index in [-0.39, 0.29) is 34.1 Å². The van der Waals surface area contributed by atoms with Crippen LogP contribution in [0.1, 0.15) is 233 Å². The Morgan fingerprint density at radius 2 is 0.603 bits per heavy atom. The first-order chi connectivity index (χ1) is 33.2. The molecule has 1 aromatic carbocycles. The maximum atomic E-state index is 15.3. The summed E-state index contributed by atoms with van der Waals surface area (Å²) in [5.41, 5.74) is -0.412. The van der Waals surface area contributed by atoms with Crippen molar-refractivity contribution < 1.29 is 0 Å². The first kappa shape index (κ1) is 56.8. The van der Waals surface area contributed by atoms with E-state index < -0.39 is 0 Å². The van der Waals surface area contributed by atoms with Gasteiger partial charge in [-0.25, -0.2) is 0 Å². The number of aromatic nitrogens is 2. The van der Waals surface area contributed by atoms with Gasteiger partial charge in [-0.2, -0.15) is 0 Å². The Morgan fingerprint density at radius 1 is 0.368 bits per heavy atom. The Balaban J connectivity index is 1.58. The summed E-state index contributed by atoms with van der Waals surface area (Å²) < 4.78 is 4.71. The molecular weight excluding hydrogens is 1010 g/mol. The van der Waals surface area contributed by atoms with Gasteiger partial charge in [0.2, 0.25) is 0 Å². The monoisotopic (exact) mass is 1100 g/mol. The highest BCUT2D eigenvalue weighted by molar-refractivity contribution is 9.11. The van der Waals surface area contributed by atoms with Crippen LogP contribution in [-0.4, -0.2) is 9.13 Å². The van der Waals surface area contributed by atoms with E-state index in [1.807, 2.05) is 24.3 Å². The largest absolute Gasteiger partial charge is 0.274 e. The second-order valence-corrected chi connectivity index (χ2v) is 25.2. The number of rotatable bonds is 38. The Kier molecular flexibility index (Phi) is 26.2. The lowest BCUT2D eigenvalue weighted by Gasteiger charge is -2.17. The highest BCUT2D eigenvalue weighted by Gasteiger charge is 2.32. The summed E-state index contributed by atoms with van der Waals surface area (Å²) in [6, 6.07) is 7.73. The molecule has 5 aromatic rings. The number of hydrogen-bond donors (Lipinski definition) is 0. The maximum Gasteiger partial charge on any atom is 0.262 e. The standard InChI is InChI=1S/C58H86Br2N2O4S2/c1-5-9-13-17-21-23-27-31-35-43(33-29-25-19-15-11-7-3)41-61-55(63)51-49(45-37-39-47(59)67-45)53-54(50(52(51)56(61)64)46-38-40-48(60)68-46)58(66)62(57(53)65)42-44(34-30-26-20-16-12-8-4)36-32-28-24-22-18-14-10-6-2/h37-40,43-44H,5-36,41-42H2,1-4H3. The molecule has 6 nitrogen and oxygen atoms in total. The number of hydrogen-bond acceptors (Lipinski definition) is 6. The van der Waals surface area contributed by atoms with E-state index in [4.69, 9.17) is 0 Å². The van der Waals surface area contributed by atoms with E-state index in [2.05, 4.69) is 59.6 Å². The summed E-state index contributed by atoms with van der Waals surface area (Å²) in [5.74, 6) is 0.384. The fraction of sp³-hybridized carbons (Fsp3) is 0.690. The third kappa shape index (κ3) is 16.4. The summed E-state index contributed by atoms with van der Waals surface area (Å²) in [6.45, 7) is 9.72. The van der Waals surface area contributed by atoms with Gasteiger partial charge in [-0.3, -0.25) is 28.3 Å². The zero-order chi connectivity index (χ0) is 48.7. The van der Waals surface area contributed by atoms with Crippen LogP contribution in [0.4, 0.5) is 0 Å². The normalized spacial score (nSPS) is 12.9. The van der Waals surface area contributed by atoms with Crippen molar-refractivity contribution in [1.29, 1.82) is 0 Å². The van der Waals surface area contributed by atoms with Gasteiger partial charge in [0.05, 0.1) is 29.1 Å². The second-order valence-electron chi connectivity index (χ2n) is 20.3. The van der Waals surface area contributed by atoms with Crippen molar-refractivity contribution in [2.24, 2.45) is 11.8 Å². The SMILES string of the molecule is CCCCCCCCCCC(CCCCCCCC)Cn1c(=O)c2c(-c3ccc(Br)s3)c3c(=O)n(CC(CCCCCCCC)CCCCCCCCCC)c(=O)c3c(-c3ccc(Br)s3)c2c1=O. The minimum atomic E-state index is -0.331. The summed E-state index contributed by atoms with van der Waals surface area (Å²) in [6.07, 6.45) is 38.1.